The van der Waals surface area contributed by atoms with Crippen LogP contribution in [0.1, 0.15) is 20.3 Å². The molecule has 0 fully saturated rings. The van der Waals surface area contributed by atoms with Crippen molar-refractivity contribution >= 4 is 15.8 Å². The van der Waals surface area contributed by atoms with Crippen LogP contribution in [0.2, 0.25) is 0 Å². The smallest absolute Gasteiger partial charge is 0.191 e. The maximum absolute atomic E-state index is 11.1. The SMILES string of the molecule is CCN(C)CCNC(=NC)NC(C)CCS(C)(=O)=O. The highest BCUT2D eigenvalue weighted by molar-refractivity contribution is 7.90. The molecule has 0 heterocycles. The van der Waals surface area contributed by atoms with E-state index < -0.39 is 9.84 Å². The van der Waals surface area contributed by atoms with Gasteiger partial charge in [0.1, 0.15) is 9.84 Å². The van der Waals surface area contributed by atoms with Crippen LogP contribution in [-0.2, 0) is 9.84 Å². The summed E-state index contributed by atoms with van der Waals surface area (Å²) in [5.41, 5.74) is 0. The van der Waals surface area contributed by atoms with E-state index in [-0.39, 0.29) is 11.8 Å². The minimum atomic E-state index is -2.90. The van der Waals surface area contributed by atoms with Gasteiger partial charge in [0.05, 0.1) is 5.75 Å². The summed E-state index contributed by atoms with van der Waals surface area (Å²) in [6, 6.07) is 0.0739. The molecule has 0 spiro atoms. The molecule has 6 nitrogen and oxygen atoms in total. The van der Waals surface area contributed by atoms with Crippen LogP contribution in [0, 0.1) is 0 Å². The first kappa shape index (κ1) is 18.2. The molecular formula is C12H28N4O2S. The molecule has 0 aromatic rings. The van der Waals surface area contributed by atoms with Gasteiger partial charge in [-0.25, -0.2) is 8.42 Å². The summed E-state index contributed by atoms with van der Waals surface area (Å²) in [7, 11) is 0.872. The van der Waals surface area contributed by atoms with Gasteiger partial charge in [0.15, 0.2) is 5.96 Å². The van der Waals surface area contributed by atoms with Gasteiger partial charge < -0.3 is 15.5 Å². The number of guanidine groups is 1. The summed E-state index contributed by atoms with van der Waals surface area (Å²) in [5.74, 6) is 0.905. The first-order valence-electron chi connectivity index (χ1n) is 6.62. The van der Waals surface area contributed by atoms with Crippen LogP contribution in [0.5, 0.6) is 0 Å². The minimum absolute atomic E-state index is 0.0739. The third-order valence-electron chi connectivity index (χ3n) is 2.85. The Morgan fingerprint density at radius 2 is 2.05 bits per heavy atom. The molecule has 7 heteroatoms. The van der Waals surface area contributed by atoms with Crippen molar-refractivity contribution < 1.29 is 8.42 Å². The Labute approximate surface area is 117 Å². The highest BCUT2D eigenvalue weighted by atomic mass is 32.2. The molecule has 0 saturated heterocycles. The summed E-state index contributed by atoms with van der Waals surface area (Å²) in [5, 5.41) is 6.40. The van der Waals surface area contributed by atoms with E-state index >= 15 is 0 Å². The molecule has 0 aromatic carbocycles. The fourth-order valence-corrected chi connectivity index (χ4v) is 2.20. The van der Waals surface area contributed by atoms with Gasteiger partial charge in [0, 0.05) is 32.4 Å². The molecule has 19 heavy (non-hydrogen) atoms. The summed E-state index contributed by atoms with van der Waals surface area (Å²) in [6.07, 6.45) is 1.84. The number of hydrogen-bond acceptors (Lipinski definition) is 4. The van der Waals surface area contributed by atoms with Crippen LogP contribution in [0.15, 0.2) is 4.99 Å². The monoisotopic (exact) mass is 292 g/mol. The van der Waals surface area contributed by atoms with Gasteiger partial charge in [-0.3, -0.25) is 4.99 Å². The maximum atomic E-state index is 11.1. The van der Waals surface area contributed by atoms with E-state index in [1.165, 1.54) is 6.26 Å². The van der Waals surface area contributed by atoms with Crippen molar-refractivity contribution in [2.45, 2.75) is 26.3 Å². The molecule has 0 radical (unpaired) electrons. The van der Waals surface area contributed by atoms with Gasteiger partial charge in [0.2, 0.25) is 0 Å². The molecule has 1 unspecified atom stereocenters. The van der Waals surface area contributed by atoms with Crippen LogP contribution in [0.3, 0.4) is 0 Å². The molecule has 0 aliphatic carbocycles. The summed E-state index contributed by atoms with van der Waals surface area (Å²) in [6.45, 7) is 6.83. The van der Waals surface area contributed by atoms with E-state index in [4.69, 9.17) is 0 Å². The lowest BCUT2D eigenvalue weighted by Gasteiger charge is -2.19. The summed E-state index contributed by atoms with van der Waals surface area (Å²) < 4.78 is 22.2. The number of rotatable bonds is 8. The molecule has 0 amide bonds. The third-order valence-corrected chi connectivity index (χ3v) is 3.83. The molecule has 0 saturated carbocycles. The largest absolute Gasteiger partial charge is 0.355 e. The zero-order valence-corrected chi connectivity index (χ0v) is 13.5. The van der Waals surface area contributed by atoms with Gasteiger partial charge in [-0.15, -0.1) is 0 Å². The molecule has 0 aliphatic rings. The van der Waals surface area contributed by atoms with E-state index in [1.54, 1.807) is 7.05 Å². The van der Waals surface area contributed by atoms with E-state index in [1.807, 2.05) is 6.92 Å². The van der Waals surface area contributed by atoms with Gasteiger partial charge in [-0.05, 0) is 26.9 Å². The van der Waals surface area contributed by atoms with Crippen LogP contribution in [0.4, 0.5) is 0 Å². The normalized spacial score (nSPS) is 14.5. The number of aliphatic imine (C=N–C) groups is 1. The van der Waals surface area contributed by atoms with Crippen molar-refractivity contribution in [3.8, 4) is 0 Å². The first-order valence-corrected chi connectivity index (χ1v) is 8.68. The lowest BCUT2D eigenvalue weighted by atomic mass is 10.3. The fourth-order valence-electron chi connectivity index (χ4n) is 1.41. The molecule has 0 rings (SSSR count). The van der Waals surface area contributed by atoms with E-state index in [2.05, 4.69) is 34.5 Å². The molecular weight excluding hydrogens is 264 g/mol. The Morgan fingerprint density at radius 1 is 1.42 bits per heavy atom. The molecule has 0 bridgehead atoms. The van der Waals surface area contributed by atoms with Crippen molar-refractivity contribution in [1.29, 1.82) is 0 Å². The third kappa shape index (κ3) is 10.8. The van der Waals surface area contributed by atoms with Crippen molar-refractivity contribution in [2.24, 2.45) is 4.99 Å². The Balaban J connectivity index is 3.99. The van der Waals surface area contributed by atoms with Gasteiger partial charge in [0.25, 0.3) is 0 Å². The van der Waals surface area contributed by atoms with Gasteiger partial charge in [-0.1, -0.05) is 6.92 Å². The number of sulfone groups is 1. The summed E-state index contributed by atoms with van der Waals surface area (Å²) >= 11 is 0. The van der Waals surface area contributed by atoms with Crippen molar-refractivity contribution in [2.75, 3.05) is 45.7 Å². The maximum Gasteiger partial charge on any atom is 0.191 e. The molecule has 0 aliphatic heterocycles. The number of nitrogens with zero attached hydrogens (tertiary/aromatic N) is 2. The first-order chi connectivity index (χ1) is 8.78. The van der Waals surface area contributed by atoms with E-state index in [9.17, 15) is 8.42 Å². The zero-order valence-electron chi connectivity index (χ0n) is 12.7. The molecule has 2 N–H and O–H groups in total. The predicted octanol–water partition coefficient (Wildman–Crippen LogP) is -0.0737. The van der Waals surface area contributed by atoms with Crippen LogP contribution < -0.4 is 10.6 Å². The average molecular weight is 292 g/mol. The number of likely N-dealkylation sites (N-methyl/N-ethyl adjacent to an activating group) is 1. The predicted molar refractivity (Wildman–Crippen MR) is 81.5 cm³/mol. The van der Waals surface area contributed by atoms with Crippen LogP contribution in [0.25, 0.3) is 0 Å². The number of nitrogens with one attached hydrogen (secondary N) is 2. The average Bonchev–Trinajstić information content (AvgIpc) is 2.34. The quantitative estimate of drug-likeness (QED) is 0.484. The fraction of sp³-hybridized carbons (Fsp3) is 0.917. The Bertz CT molecular complexity index is 368. The molecule has 1 atom stereocenters. The van der Waals surface area contributed by atoms with Gasteiger partial charge in [-0.2, -0.15) is 0 Å². The van der Waals surface area contributed by atoms with E-state index in [0.717, 1.165) is 19.6 Å². The lowest BCUT2D eigenvalue weighted by Crippen LogP contribution is -2.44. The Morgan fingerprint density at radius 3 is 2.53 bits per heavy atom. The van der Waals surface area contributed by atoms with Crippen LogP contribution in [-0.4, -0.2) is 71.1 Å². The molecule has 114 valence electrons. The minimum Gasteiger partial charge on any atom is -0.355 e. The van der Waals surface area contributed by atoms with Gasteiger partial charge >= 0.3 is 0 Å². The van der Waals surface area contributed by atoms with Crippen molar-refractivity contribution in [3.05, 3.63) is 0 Å². The topological polar surface area (TPSA) is 73.8 Å². The Kier molecular flexibility index (Phi) is 8.75. The van der Waals surface area contributed by atoms with Crippen molar-refractivity contribution in [3.63, 3.8) is 0 Å². The molecule has 0 aromatic heterocycles. The second-order valence-electron chi connectivity index (χ2n) is 4.86. The number of hydrogen-bond donors (Lipinski definition) is 2. The standard InChI is InChI=1S/C12H28N4O2S/c1-6-16(4)9-8-14-12(13-3)15-11(2)7-10-19(5,17)18/h11H,6-10H2,1-5H3,(H2,13,14,15). The highest BCUT2D eigenvalue weighted by Crippen LogP contribution is 1.95. The van der Waals surface area contributed by atoms with Crippen LogP contribution >= 0.6 is 0 Å². The second kappa shape index (κ2) is 9.14. The van der Waals surface area contributed by atoms with Crippen molar-refractivity contribution in [1.82, 2.24) is 15.5 Å². The zero-order chi connectivity index (χ0) is 14.9. The van der Waals surface area contributed by atoms with E-state index in [0.29, 0.717) is 12.4 Å². The Hall–Kier alpha value is -0.820. The lowest BCUT2D eigenvalue weighted by molar-refractivity contribution is 0.357. The highest BCUT2D eigenvalue weighted by Gasteiger charge is 2.09. The summed E-state index contributed by atoms with van der Waals surface area (Å²) in [4.78, 5) is 6.32. The second-order valence-corrected chi connectivity index (χ2v) is 7.12.